The Morgan fingerprint density at radius 3 is 2.76 bits per heavy atom. The summed E-state index contributed by atoms with van der Waals surface area (Å²) in [5.41, 5.74) is 2.25. The maximum Gasteiger partial charge on any atom is 0.347 e. The Balaban J connectivity index is 1.83. The number of aromatic carboxylic acids is 1. The first-order chi connectivity index (χ1) is 11.8. The molecular weight excluding hydrogens is 336 g/mol. The molecule has 0 saturated carbocycles. The molecule has 2 unspecified atom stereocenters. The number of nitrogens with zero attached hydrogens (tertiary/aromatic N) is 1. The topological polar surface area (TPSA) is 79.3 Å². The number of aromatic nitrogens is 1. The van der Waals surface area contributed by atoms with Crippen LogP contribution in [0.3, 0.4) is 0 Å². The largest absolute Gasteiger partial charge is 0.477 e. The fraction of sp³-hybridized carbons (Fsp3) is 0.421. The van der Waals surface area contributed by atoms with E-state index in [4.69, 9.17) is 0 Å². The zero-order valence-electron chi connectivity index (χ0n) is 14.6. The number of benzene rings is 1. The number of carboxylic acids is 1. The zero-order chi connectivity index (χ0) is 18.2. The quantitative estimate of drug-likeness (QED) is 0.875. The van der Waals surface area contributed by atoms with E-state index < -0.39 is 11.4 Å². The number of carbonyl (C=O) groups excluding carboxylic acids is 1. The Bertz CT molecular complexity index is 830. The van der Waals surface area contributed by atoms with Crippen LogP contribution in [0, 0.1) is 6.92 Å². The Morgan fingerprint density at radius 1 is 1.36 bits per heavy atom. The SMILES string of the molecule is Cc1nc(C(C)NC(=O)C2(C)CCCc3ccccc32)sc1C(=O)O. The Labute approximate surface area is 151 Å². The third-order valence-corrected chi connectivity index (χ3v) is 6.29. The van der Waals surface area contributed by atoms with Crippen LogP contribution in [0.15, 0.2) is 24.3 Å². The summed E-state index contributed by atoms with van der Waals surface area (Å²) in [6, 6.07) is 7.79. The molecule has 0 fully saturated rings. The third-order valence-electron chi connectivity index (χ3n) is 4.96. The van der Waals surface area contributed by atoms with E-state index in [2.05, 4.69) is 16.4 Å². The number of aryl methyl sites for hydroxylation is 2. The van der Waals surface area contributed by atoms with Crippen LogP contribution in [0.4, 0.5) is 0 Å². The van der Waals surface area contributed by atoms with E-state index in [0.29, 0.717) is 10.7 Å². The lowest BCUT2D eigenvalue weighted by atomic mass is 9.70. The van der Waals surface area contributed by atoms with Gasteiger partial charge in [-0.2, -0.15) is 0 Å². The molecule has 5 nitrogen and oxygen atoms in total. The normalized spacial score (nSPS) is 20.6. The average molecular weight is 358 g/mol. The Hall–Kier alpha value is -2.21. The number of thiazole rings is 1. The van der Waals surface area contributed by atoms with Crippen molar-refractivity contribution in [1.82, 2.24) is 10.3 Å². The first-order valence-electron chi connectivity index (χ1n) is 8.43. The van der Waals surface area contributed by atoms with Gasteiger partial charge in [0.25, 0.3) is 0 Å². The van der Waals surface area contributed by atoms with Crippen molar-refractivity contribution in [3.8, 4) is 0 Å². The summed E-state index contributed by atoms with van der Waals surface area (Å²) in [7, 11) is 0. The van der Waals surface area contributed by atoms with Crippen LogP contribution < -0.4 is 5.32 Å². The van der Waals surface area contributed by atoms with Crippen LogP contribution in [0.25, 0.3) is 0 Å². The van der Waals surface area contributed by atoms with Crippen LogP contribution in [0.2, 0.25) is 0 Å². The summed E-state index contributed by atoms with van der Waals surface area (Å²) in [5.74, 6) is -1.01. The minimum Gasteiger partial charge on any atom is -0.477 e. The van der Waals surface area contributed by atoms with Crippen molar-refractivity contribution in [1.29, 1.82) is 0 Å². The van der Waals surface area contributed by atoms with E-state index in [9.17, 15) is 14.7 Å². The monoisotopic (exact) mass is 358 g/mol. The number of hydrogen-bond donors (Lipinski definition) is 2. The second-order valence-electron chi connectivity index (χ2n) is 6.81. The van der Waals surface area contributed by atoms with Crippen LogP contribution in [0.1, 0.15) is 64.2 Å². The lowest BCUT2D eigenvalue weighted by Crippen LogP contribution is -2.45. The van der Waals surface area contributed by atoms with Crippen LogP contribution in [0.5, 0.6) is 0 Å². The minimum atomic E-state index is -0.979. The van der Waals surface area contributed by atoms with Gasteiger partial charge in [-0.05, 0) is 51.2 Å². The van der Waals surface area contributed by atoms with Gasteiger partial charge in [0.15, 0.2) is 0 Å². The van der Waals surface area contributed by atoms with Gasteiger partial charge in [-0.1, -0.05) is 24.3 Å². The molecule has 0 saturated heterocycles. The second-order valence-corrected chi connectivity index (χ2v) is 7.84. The van der Waals surface area contributed by atoms with Gasteiger partial charge in [-0.3, -0.25) is 4.79 Å². The predicted molar refractivity (Wildman–Crippen MR) is 97.1 cm³/mol. The number of carboxylic acid groups (broad SMARTS) is 1. The molecule has 0 aliphatic heterocycles. The molecule has 6 heteroatoms. The molecule has 2 N–H and O–H groups in total. The summed E-state index contributed by atoms with van der Waals surface area (Å²) < 4.78 is 0. The van der Waals surface area contributed by atoms with Crippen molar-refractivity contribution in [2.75, 3.05) is 0 Å². The van der Waals surface area contributed by atoms with E-state index in [0.717, 1.165) is 36.2 Å². The lowest BCUT2D eigenvalue weighted by Gasteiger charge is -2.35. The van der Waals surface area contributed by atoms with Gasteiger partial charge in [0, 0.05) is 0 Å². The molecule has 0 radical (unpaired) electrons. The lowest BCUT2D eigenvalue weighted by molar-refractivity contribution is -0.127. The van der Waals surface area contributed by atoms with Gasteiger partial charge in [-0.25, -0.2) is 9.78 Å². The maximum atomic E-state index is 13.0. The molecule has 0 spiro atoms. The number of carbonyl (C=O) groups is 2. The van der Waals surface area contributed by atoms with Gasteiger partial charge >= 0.3 is 5.97 Å². The molecule has 1 heterocycles. The first-order valence-corrected chi connectivity index (χ1v) is 9.24. The maximum absolute atomic E-state index is 13.0. The van der Waals surface area contributed by atoms with Crippen LogP contribution >= 0.6 is 11.3 Å². The Kier molecular flexibility index (Phi) is 4.64. The summed E-state index contributed by atoms with van der Waals surface area (Å²) in [4.78, 5) is 28.8. The van der Waals surface area contributed by atoms with Crippen molar-refractivity contribution < 1.29 is 14.7 Å². The molecule has 1 aliphatic rings. The van der Waals surface area contributed by atoms with E-state index >= 15 is 0 Å². The molecule has 25 heavy (non-hydrogen) atoms. The second kappa shape index (κ2) is 6.59. The number of hydrogen-bond acceptors (Lipinski definition) is 4. The molecular formula is C19H22N2O3S. The van der Waals surface area contributed by atoms with E-state index in [1.807, 2.05) is 32.0 Å². The average Bonchev–Trinajstić information content (AvgIpc) is 2.97. The van der Waals surface area contributed by atoms with Crippen LogP contribution in [-0.4, -0.2) is 22.0 Å². The third kappa shape index (κ3) is 3.18. The van der Waals surface area contributed by atoms with Gasteiger partial charge in [0.1, 0.15) is 9.88 Å². The molecule has 0 bridgehead atoms. The van der Waals surface area contributed by atoms with Gasteiger partial charge in [0.05, 0.1) is 17.2 Å². The number of amides is 1. The number of nitrogens with one attached hydrogen (secondary N) is 1. The minimum absolute atomic E-state index is 0.0307. The molecule has 1 aromatic heterocycles. The Morgan fingerprint density at radius 2 is 2.08 bits per heavy atom. The van der Waals surface area contributed by atoms with E-state index in [1.165, 1.54) is 5.56 Å². The summed E-state index contributed by atoms with van der Waals surface area (Å²) in [5, 5.41) is 12.8. The molecule has 2 atom stereocenters. The molecule has 132 valence electrons. The zero-order valence-corrected chi connectivity index (χ0v) is 15.4. The van der Waals surface area contributed by atoms with Gasteiger partial charge in [-0.15, -0.1) is 11.3 Å². The highest BCUT2D eigenvalue weighted by molar-refractivity contribution is 7.13. The summed E-state index contributed by atoms with van der Waals surface area (Å²) in [6.07, 6.45) is 2.79. The van der Waals surface area contributed by atoms with Crippen molar-refractivity contribution in [2.24, 2.45) is 0 Å². The predicted octanol–water partition coefficient (Wildman–Crippen LogP) is 3.62. The van der Waals surface area contributed by atoms with Crippen molar-refractivity contribution >= 4 is 23.2 Å². The summed E-state index contributed by atoms with van der Waals surface area (Å²) in [6.45, 7) is 5.51. The molecule has 1 amide bonds. The fourth-order valence-corrected chi connectivity index (χ4v) is 4.41. The van der Waals surface area contributed by atoms with Crippen molar-refractivity contribution in [3.05, 3.63) is 51.0 Å². The van der Waals surface area contributed by atoms with Gasteiger partial charge < -0.3 is 10.4 Å². The smallest absolute Gasteiger partial charge is 0.347 e. The summed E-state index contributed by atoms with van der Waals surface area (Å²) >= 11 is 1.12. The van der Waals surface area contributed by atoms with Crippen molar-refractivity contribution in [3.63, 3.8) is 0 Å². The number of fused-ring (bicyclic) bond motifs is 1. The molecule has 2 aromatic rings. The molecule has 1 aliphatic carbocycles. The highest BCUT2D eigenvalue weighted by Crippen LogP contribution is 2.38. The van der Waals surface area contributed by atoms with E-state index in [-0.39, 0.29) is 16.8 Å². The molecule has 1 aromatic carbocycles. The highest BCUT2D eigenvalue weighted by Gasteiger charge is 2.39. The molecule has 3 rings (SSSR count). The fourth-order valence-electron chi connectivity index (χ4n) is 3.50. The first kappa shape index (κ1) is 17.6. The van der Waals surface area contributed by atoms with Crippen LogP contribution in [-0.2, 0) is 16.6 Å². The number of rotatable bonds is 4. The highest BCUT2D eigenvalue weighted by atomic mass is 32.1. The van der Waals surface area contributed by atoms with Crippen molar-refractivity contribution in [2.45, 2.75) is 51.5 Å². The van der Waals surface area contributed by atoms with Gasteiger partial charge in [0.2, 0.25) is 5.91 Å². The standard InChI is InChI=1S/C19H22N2O3S/c1-11-15(17(22)23)25-16(20-11)12(2)21-18(24)19(3)10-6-8-13-7-4-5-9-14(13)19/h4-5,7,9,12H,6,8,10H2,1-3H3,(H,21,24)(H,22,23). The van der Waals surface area contributed by atoms with E-state index in [1.54, 1.807) is 6.92 Å².